The van der Waals surface area contributed by atoms with Gasteiger partial charge in [0, 0.05) is 18.9 Å². The van der Waals surface area contributed by atoms with E-state index >= 15 is 0 Å². The number of aryl methyl sites for hydroxylation is 3. The maximum atomic E-state index is 4.49. The molecular weight excluding hydrogens is 332 g/mol. The Hall–Kier alpha value is -2.46. The second-order valence-corrected chi connectivity index (χ2v) is 7.72. The topological polar surface area (TPSA) is 42.7 Å². The second kappa shape index (κ2) is 8.05. The van der Waals surface area contributed by atoms with Gasteiger partial charge < -0.3 is 9.88 Å². The number of pyridine rings is 1. The molecule has 0 spiro atoms. The third-order valence-corrected chi connectivity index (χ3v) is 5.77. The standard InChI is InChI=1S/C23H28N4/c1-17-7-9-21(14-26-17)23(22-15-24-16-27(22)2)25-12-11-18-8-10-19-5-3-4-6-20(19)13-18/h3-7,9,14-16,18,23,25H,8,10-13H2,1-2H3. The molecule has 140 valence electrons. The summed E-state index contributed by atoms with van der Waals surface area (Å²) in [5, 5.41) is 3.77. The summed E-state index contributed by atoms with van der Waals surface area (Å²) >= 11 is 0. The van der Waals surface area contributed by atoms with Crippen LogP contribution in [0, 0.1) is 12.8 Å². The van der Waals surface area contributed by atoms with Gasteiger partial charge in [-0.3, -0.25) is 4.98 Å². The summed E-state index contributed by atoms with van der Waals surface area (Å²) in [4.78, 5) is 8.80. The Kier molecular flexibility index (Phi) is 5.35. The fourth-order valence-electron chi connectivity index (χ4n) is 4.14. The van der Waals surface area contributed by atoms with Crippen molar-refractivity contribution in [3.63, 3.8) is 0 Å². The lowest BCUT2D eigenvalue weighted by atomic mass is 9.82. The van der Waals surface area contributed by atoms with Crippen molar-refractivity contribution in [2.24, 2.45) is 13.0 Å². The molecule has 27 heavy (non-hydrogen) atoms. The lowest BCUT2D eigenvalue weighted by Gasteiger charge is -2.26. The summed E-state index contributed by atoms with van der Waals surface area (Å²) in [6.07, 6.45) is 10.7. The first kappa shape index (κ1) is 17.9. The molecular formula is C23H28N4. The normalized spacial score (nSPS) is 17.5. The van der Waals surface area contributed by atoms with E-state index in [1.165, 1.54) is 36.9 Å². The number of benzene rings is 1. The van der Waals surface area contributed by atoms with Crippen LogP contribution in [0.1, 0.15) is 47.0 Å². The first-order valence-corrected chi connectivity index (χ1v) is 9.89. The van der Waals surface area contributed by atoms with E-state index < -0.39 is 0 Å². The third-order valence-electron chi connectivity index (χ3n) is 5.77. The number of hydrogen-bond acceptors (Lipinski definition) is 3. The lowest BCUT2D eigenvalue weighted by Crippen LogP contribution is -2.28. The van der Waals surface area contributed by atoms with Crippen LogP contribution >= 0.6 is 0 Å². The largest absolute Gasteiger partial charge is 0.336 e. The molecule has 0 radical (unpaired) electrons. The molecule has 4 heteroatoms. The molecule has 0 amide bonds. The van der Waals surface area contributed by atoms with Crippen LogP contribution in [0.4, 0.5) is 0 Å². The summed E-state index contributed by atoms with van der Waals surface area (Å²) in [5.41, 5.74) is 6.50. The van der Waals surface area contributed by atoms with Gasteiger partial charge in [-0.2, -0.15) is 0 Å². The highest BCUT2D eigenvalue weighted by Gasteiger charge is 2.20. The highest BCUT2D eigenvalue weighted by atomic mass is 15.1. The van der Waals surface area contributed by atoms with E-state index in [4.69, 9.17) is 0 Å². The highest BCUT2D eigenvalue weighted by Crippen LogP contribution is 2.28. The second-order valence-electron chi connectivity index (χ2n) is 7.72. The molecule has 2 atom stereocenters. The van der Waals surface area contributed by atoms with Crippen LogP contribution in [-0.4, -0.2) is 21.1 Å². The van der Waals surface area contributed by atoms with Crippen molar-refractivity contribution >= 4 is 0 Å². The van der Waals surface area contributed by atoms with E-state index in [1.54, 1.807) is 11.1 Å². The molecule has 0 bridgehead atoms. The molecule has 2 heterocycles. The molecule has 1 aromatic carbocycles. The predicted molar refractivity (Wildman–Crippen MR) is 109 cm³/mol. The maximum Gasteiger partial charge on any atom is 0.0946 e. The molecule has 4 nitrogen and oxygen atoms in total. The SMILES string of the molecule is Cc1ccc(C(NCCC2CCc3ccccc3C2)c2cncn2C)cn1. The van der Waals surface area contributed by atoms with E-state index in [1.807, 2.05) is 25.6 Å². The van der Waals surface area contributed by atoms with Crippen molar-refractivity contribution < 1.29 is 0 Å². The molecule has 2 unspecified atom stereocenters. The summed E-state index contributed by atoms with van der Waals surface area (Å²) in [6, 6.07) is 13.3. The molecule has 1 N–H and O–H groups in total. The van der Waals surface area contributed by atoms with Crippen molar-refractivity contribution in [1.29, 1.82) is 0 Å². The van der Waals surface area contributed by atoms with Gasteiger partial charge in [-0.25, -0.2) is 4.98 Å². The van der Waals surface area contributed by atoms with Crippen LogP contribution in [0.2, 0.25) is 0 Å². The number of imidazole rings is 1. The van der Waals surface area contributed by atoms with Gasteiger partial charge in [0.15, 0.2) is 0 Å². The van der Waals surface area contributed by atoms with Crippen molar-refractivity contribution in [2.45, 2.75) is 38.6 Å². The summed E-state index contributed by atoms with van der Waals surface area (Å²) in [7, 11) is 2.05. The molecule has 0 saturated carbocycles. The van der Waals surface area contributed by atoms with Crippen LogP contribution in [0.15, 0.2) is 55.1 Å². The van der Waals surface area contributed by atoms with Gasteiger partial charge in [0.25, 0.3) is 0 Å². The summed E-state index contributed by atoms with van der Waals surface area (Å²) in [5.74, 6) is 0.760. The van der Waals surface area contributed by atoms with Gasteiger partial charge in [0.2, 0.25) is 0 Å². The Morgan fingerprint density at radius 3 is 2.74 bits per heavy atom. The Balaban J connectivity index is 1.42. The number of hydrogen-bond donors (Lipinski definition) is 1. The van der Waals surface area contributed by atoms with Crippen LogP contribution in [-0.2, 0) is 19.9 Å². The van der Waals surface area contributed by atoms with Gasteiger partial charge in [0.1, 0.15) is 0 Å². The number of nitrogens with zero attached hydrogens (tertiary/aromatic N) is 3. The van der Waals surface area contributed by atoms with E-state index in [0.717, 1.165) is 18.2 Å². The molecule has 3 aromatic rings. The summed E-state index contributed by atoms with van der Waals surface area (Å²) < 4.78 is 2.09. The number of fused-ring (bicyclic) bond motifs is 1. The number of nitrogens with one attached hydrogen (secondary N) is 1. The minimum absolute atomic E-state index is 0.126. The molecule has 0 saturated heterocycles. The molecule has 2 aromatic heterocycles. The Bertz CT molecular complexity index is 881. The van der Waals surface area contributed by atoms with Crippen LogP contribution in [0.5, 0.6) is 0 Å². The van der Waals surface area contributed by atoms with Crippen molar-refractivity contribution in [3.05, 3.63) is 83.2 Å². The molecule has 0 fully saturated rings. The Morgan fingerprint density at radius 2 is 2.00 bits per heavy atom. The average Bonchev–Trinajstić information content (AvgIpc) is 3.12. The lowest BCUT2D eigenvalue weighted by molar-refractivity contribution is 0.404. The average molecular weight is 361 g/mol. The molecule has 4 rings (SSSR count). The number of aromatic nitrogens is 3. The van der Waals surface area contributed by atoms with Gasteiger partial charge in [-0.15, -0.1) is 0 Å². The van der Waals surface area contributed by atoms with Crippen molar-refractivity contribution in [2.75, 3.05) is 6.54 Å². The van der Waals surface area contributed by atoms with Crippen LogP contribution < -0.4 is 5.32 Å². The zero-order chi connectivity index (χ0) is 18.6. The van der Waals surface area contributed by atoms with Gasteiger partial charge >= 0.3 is 0 Å². The van der Waals surface area contributed by atoms with Crippen molar-refractivity contribution in [3.8, 4) is 0 Å². The van der Waals surface area contributed by atoms with Crippen LogP contribution in [0.3, 0.4) is 0 Å². The van der Waals surface area contributed by atoms with Gasteiger partial charge in [-0.05, 0) is 67.8 Å². The van der Waals surface area contributed by atoms with E-state index in [-0.39, 0.29) is 6.04 Å². The first-order chi connectivity index (χ1) is 13.2. The smallest absolute Gasteiger partial charge is 0.0946 e. The van der Waals surface area contributed by atoms with Gasteiger partial charge in [-0.1, -0.05) is 30.3 Å². The number of rotatable bonds is 6. The van der Waals surface area contributed by atoms with E-state index in [9.17, 15) is 0 Å². The Labute approximate surface area is 161 Å². The van der Waals surface area contributed by atoms with Crippen LogP contribution in [0.25, 0.3) is 0 Å². The fourth-order valence-corrected chi connectivity index (χ4v) is 4.14. The highest BCUT2D eigenvalue weighted by molar-refractivity contribution is 5.30. The first-order valence-electron chi connectivity index (χ1n) is 9.89. The van der Waals surface area contributed by atoms with E-state index in [2.05, 4.69) is 63.3 Å². The van der Waals surface area contributed by atoms with E-state index in [0.29, 0.717) is 0 Å². The zero-order valence-electron chi connectivity index (χ0n) is 16.2. The monoisotopic (exact) mass is 360 g/mol. The quantitative estimate of drug-likeness (QED) is 0.722. The summed E-state index contributed by atoms with van der Waals surface area (Å²) in [6.45, 7) is 3.02. The third kappa shape index (κ3) is 4.11. The minimum Gasteiger partial charge on any atom is -0.336 e. The van der Waals surface area contributed by atoms with Crippen molar-refractivity contribution in [1.82, 2.24) is 19.9 Å². The fraction of sp³-hybridized carbons (Fsp3) is 0.391. The molecule has 0 aliphatic heterocycles. The zero-order valence-corrected chi connectivity index (χ0v) is 16.2. The maximum absolute atomic E-state index is 4.49. The Morgan fingerprint density at radius 1 is 1.15 bits per heavy atom. The molecule has 1 aliphatic rings. The minimum atomic E-state index is 0.126. The molecule has 1 aliphatic carbocycles. The van der Waals surface area contributed by atoms with Gasteiger partial charge in [0.05, 0.1) is 24.3 Å². The predicted octanol–water partition coefficient (Wildman–Crippen LogP) is 4.00.